The van der Waals surface area contributed by atoms with E-state index in [1.807, 2.05) is 11.3 Å². The van der Waals surface area contributed by atoms with Crippen LogP contribution in [0, 0.1) is 17.3 Å². The number of rotatable bonds is 8. The number of aryl methyl sites for hydroxylation is 1. The van der Waals surface area contributed by atoms with Gasteiger partial charge in [-0.25, -0.2) is 0 Å². The van der Waals surface area contributed by atoms with Crippen molar-refractivity contribution in [2.45, 2.75) is 46.5 Å². The zero-order valence-corrected chi connectivity index (χ0v) is 12.9. The van der Waals surface area contributed by atoms with Crippen molar-refractivity contribution in [2.24, 2.45) is 17.3 Å². The molecule has 1 fully saturated rings. The van der Waals surface area contributed by atoms with Gasteiger partial charge < -0.3 is 5.32 Å². The number of hydrogen-bond donors (Lipinski definition) is 1. The van der Waals surface area contributed by atoms with Crippen LogP contribution in [0.2, 0.25) is 0 Å². The molecule has 1 unspecified atom stereocenters. The van der Waals surface area contributed by atoms with Crippen LogP contribution in [0.3, 0.4) is 0 Å². The normalized spacial score (nSPS) is 19.1. The lowest BCUT2D eigenvalue weighted by Crippen LogP contribution is -2.35. The molecule has 0 bridgehead atoms. The fourth-order valence-electron chi connectivity index (χ4n) is 2.73. The molecule has 0 aromatic carbocycles. The van der Waals surface area contributed by atoms with Gasteiger partial charge in [-0.05, 0) is 71.9 Å². The van der Waals surface area contributed by atoms with Crippen LogP contribution < -0.4 is 5.32 Å². The Hall–Kier alpha value is -0.340. The smallest absolute Gasteiger partial charge is 0.000804 e. The zero-order chi connectivity index (χ0) is 13.0. The molecule has 1 atom stereocenters. The lowest BCUT2D eigenvalue weighted by molar-refractivity contribution is 0.234. The molecule has 0 radical (unpaired) electrons. The van der Waals surface area contributed by atoms with Gasteiger partial charge in [-0.15, -0.1) is 0 Å². The largest absolute Gasteiger partial charge is 0.316 e. The van der Waals surface area contributed by atoms with Crippen molar-refractivity contribution in [3.05, 3.63) is 22.4 Å². The van der Waals surface area contributed by atoms with Gasteiger partial charge in [0.25, 0.3) is 0 Å². The maximum atomic E-state index is 3.68. The third kappa shape index (κ3) is 4.10. The minimum Gasteiger partial charge on any atom is -0.316 e. The molecule has 0 aliphatic heterocycles. The average molecular weight is 265 g/mol. The average Bonchev–Trinajstić information content (AvgIpc) is 3.05. The van der Waals surface area contributed by atoms with Crippen molar-refractivity contribution in [3.8, 4) is 0 Å². The van der Waals surface area contributed by atoms with Gasteiger partial charge in [-0.1, -0.05) is 20.8 Å². The lowest BCUT2D eigenvalue weighted by Gasteiger charge is -2.30. The van der Waals surface area contributed by atoms with Crippen molar-refractivity contribution >= 4 is 11.3 Å². The van der Waals surface area contributed by atoms with Gasteiger partial charge in [0, 0.05) is 6.54 Å². The van der Waals surface area contributed by atoms with Gasteiger partial charge in [-0.3, -0.25) is 0 Å². The van der Waals surface area contributed by atoms with E-state index in [1.54, 1.807) is 0 Å². The summed E-state index contributed by atoms with van der Waals surface area (Å²) >= 11 is 1.82. The lowest BCUT2D eigenvalue weighted by atomic mass is 9.79. The molecular formula is C16H27NS. The van der Waals surface area contributed by atoms with Crippen LogP contribution in [-0.2, 0) is 6.42 Å². The Morgan fingerprint density at radius 3 is 2.78 bits per heavy atom. The topological polar surface area (TPSA) is 12.0 Å². The molecule has 18 heavy (non-hydrogen) atoms. The quantitative estimate of drug-likeness (QED) is 0.737. The van der Waals surface area contributed by atoms with E-state index in [0.29, 0.717) is 5.41 Å². The first-order chi connectivity index (χ1) is 8.60. The number of thiophene rings is 1. The molecule has 1 aromatic rings. The molecule has 1 N–H and O–H groups in total. The second-order valence-electron chi connectivity index (χ2n) is 6.58. The summed E-state index contributed by atoms with van der Waals surface area (Å²) in [6.45, 7) is 9.41. The van der Waals surface area contributed by atoms with Crippen LogP contribution in [0.4, 0.5) is 0 Å². The molecule has 2 rings (SSSR count). The monoisotopic (exact) mass is 265 g/mol. The standard InChI is InChI=1S/C16H27NS/c1-13(2)10-17-12-16(3,15-4-5-15)8-6-14-7-9-18-11-14/h7,9,11,13,15,17H,4-6,8,10,12H2,1-3H3. The van der Waals surface area contributed by atoms with Crippen molar-refractivity contribution in [3.63, 3.8) is 0 Å². The molecule has 1 aliphatic rings. The van der Waals surface area contributed by atoms with Crippen LogP contribution in [0.1, 0.15) is 45.6 Å². The Morgan fingerprint density at radius 1 is 1.44 bits per heavy atom. The first-order valence-corrected chi connectivity index (χ1v) is 8.26. The van der Waals surface area contributed by atoms with E-state index in [4.69, 9.17) is 0 Å². The van der Waals surface area contributed by atoms with E-state index in [-0.39, 0.29) is 0 Å². The van der Waals surface area contributed by atoms with Gasteiger partial charge in [0.1, 0.15) is 0 Å². The summed E-state index contributed by atoms with van der Waals surface area (Å²) < 4.78 is 0. The zero-order valence-electron chi connectivity index (χ0n) is 12.0. The van der Waals surface area contributed by atoms with E-state index in [0.717, 1.165) is 18.4 Å². The Balaban J connectivity index is 1.82. The maximum Gasteiger partial charge on any atom is 0.000804 e. The molecular weight excluding hydrogens is 238 g/mol. The molecule has 0 amide bonds. The summed E-state index contributed by atoms with van der Waals surface area (Å²) in [5.74, 6) is 1.72. The van der Waals surface area contributed by atoms with Gasteiger partial charge in [0.15, 0.2) is 0 Å². The summed E-state index contributed by atoms with van der Waals surface area (Å²) in [5, 5.41) is 8.18. The van der Waals surface area contributed by atoms with Crippen LogP contribution >= 0.6 is 11.3 Å². The highest BCUT2D eigenvalue weighted by Gasteiger charge is 2.40. The predicted octanol–water partition coefficient (Wildman–Crippen LogP) is 4.34. The van der Waals surface area contributed by atoms with Crippen LogP contribution in [-0.4, -0.2) is 13.1 Å². The van der Waals surface area contributed by atoms with Crippen LogP contribution in [0.25, 0.3) is 0 Å². The Bertz CT molecular complexity index is 340. The molecule has 0 saturated heterocycles. The first-order valence-electron chi connectivity index (χ1n) is 7.32. The molecule has 0 spiro atoms. The van der Waals surface area contributed by atoms with Gasteiger partial charge in [0.05, 0.1) is 0 Å². The van der Waals surface area contributed by atoms with Crippen LogP contribution in [0.5, 0.6) is 0 Å². The fourth-order valence-corrected chi connectivity index (χ4v) is 3.43. The van der Waals surface area contributed by atoms with E-state index < -0.39 is 0 Å². The van der Waals surface area contributed by atoms with Crippen molar-refractivity contribution in [1.82, 2.24) is 5.32 Å². The Morgan fingerprint density at radius 2 is 2.22 bits per heavy atom. The highest BCUT2D eigenvalue weighted by molar-refractivity contribution is 7.07. The van der Waals surface area contributed by atoms with Crippen LogP contribution in [0.15, 0.2) is 16.8 Å². The fraction of sp³-hybridized carbons (Fsp3) is 0.750. The third-order valence-corrected chi connectivity index (χ3v) is 4.94. The summed E-state index contributed by atoms with van der Waals surface area (Å²) in [6, 6.07) is 2.28. The summed E-state index contributed by atoms with van der Waals surface area (Å²) in [7, 11) is 0. The Labute approximate surface area is 116 Å². The van der Waals surface area contributed by atoms with E-state index in [1.165, 1.54) is 37.8 Å². The number of hydrogen-bond acceptors (Lipinski definition) is 2. The molecule has 1 heterocycles. The summed E-state index contributed by atoms with van der Waals surface area (Å²) in [4.78, 5) is 0. The SMILES string of the molecule is CC(C)CNCC(C)(CCc1ccsc1)C1CC1. The molecule has 1 nitrogen and oxygen atoms in total. The highest BCUT2D eigenvalue weighted by Crippen LogP contribution is 2.47. The summed E-state index contributed by atoms with van der Waals surface area (Å²) in [5.41, 5.74) is 2.03. The second-order valence-corrected chi connectivity index (χ2v) is 7.36. The molecule has 1 aromatic heterocycles. The van der Waals surface area contributed by atoms with Gasteiger partial charge in [0.2, 0.25) is 0 Å². The predicted molar refractivity (Wildman–Crippen MR) is 81.2 cm³/mol. The van der Waals surface area contributed by atoms with Gasteiger partial charge in [-0.2, -0.15) is 11.3 Å². The van der Waals surface area contributed by atoms with Crippen molar-refractivity contribution < 1.29 is 0 Å². The molecule has 2 heteroatoms. The minimum atomic E-state index is 0.511. The Kier molecular flexibility index (Phi) is 4.85. The van der Waals surface area contributed by atoms with E-state index in [9.17, 15) is 0 Å². The van der Waals surface area contributed by atoms with Gasteiger partial charge >= 0.3 is 0 Å². The number of nitrogens with one attached hydrogen (secondary N) is 1. The molecule has 1 saturated carbocycles. The second kappa shape index (κ2) is 6.21. The summed E-state index contributed by atoms with van der Waals surface area (Å²) in [6.07, 6.45) is 5.48. The first kappa shape index (κ1) is 14.1. The highest BCUT2D eigenvalue weighted by atomic mass is 32.1. The molecule has 102 valence electrons. The maximum absolute atomic E-state index is 3.68. The minimum absolute atomic E-state index is 0.511. The van der Waals surface area contributed by atoms with E-state index >= 15 is 0 Å². The van der Waals surface area contributed by atoms with Crippen molar-refractivity contribution in [2.75, 3.05) is 13.1 Å². The van der Waals surface area contributed by atoms with Crippen molar-refractivity contribution in [1.29, 1.82) is 0 Å². The molecule has 1 aliphatic carbocycles. The third-order valence-electron chi connectivity index (χ3n) is 4.21. The van der Waals surface area contributed by atoms with E-state index in [2.05, 4.69) is 42.9 Å².